The zero-order valence-electron chi connectivity index (χ0n) is 10.6. The molecule has 0 amide bonds. The summed E-state index contributed by atoms with van der Waals surface area (Å²) in [5, 5.41) is 12.2. The Labute approximate surface area is 102 Å². The number of hydrogen-bond donors (Lipinski definition) is 2. The monoisotopic (exact) mass is 236 g/mol. The lowest BCUT2D eigenvalue weighted by Crippen LogP contribution is -2.31. The van der Waals surface area contributed by atoms with Crippen molar-refractivity contribution >= 4 is 11.7 Å². The van der Waals surface area contributed by atoms with Gasteiger partial charge in [0, 0.05) is 24.8 Å². The van der Waals surface area contributed by atoms with Crippen molar-refractivity contribution in [1.29, 1.82) is 0 Å². The number of carboxylic acids is 1. The minimum atomic E-state index is -0.898. The van der Waals surface area contributed by atoms with Crippen LogP contribution < -0.4 is 5.32 Å². The summed E-state index contributed by atoms with van der Waals surface area (Å²) in [4.78, 5) is 13.2. The summed E-state index contributed by atoms with van der Waals surface area (Å²) in [6.07, 6.45) is 0. The summed E-state index contributed by atoms with van der Waals surface area (Å²) in [5.41, 5.74) is 0.997. The maximum Gasteiger partial charge on any atom is 0.337 e. The second-order valence-electron chi connectivity index (χ2n) is 4.35. The molecule has 0 aromatic heterocycles. The fourth-order valence-electron chi connectivity index (χ4n) is 1.45. The number of nitrogens with one attached hydrogen (secondary N) is 1. The summed E-state index contributed by atoms with van der Waals surface area (Å²) < 4.78 is 0. The Bertz CT molecular complexity index is 377. The van der Waals surface area contributed by atoms with Gasteiger partial charge in [0.05, 0.1) is 5.56 Å². The lowest BCUT2D eigenvalue weighted by atomic mass is 10.2. The number of benzene rings is 1. The predicted molar refractivity (Wildman–Crippen MR) is 69.7 cm³/mol. The van der Waals surface area contributed by atoms with Gasteiger partial charge in [0.25, 0.3) is 0 Å². The van der Waals surface area contributed by atoms with E-state index in [0.29, 0.717) is 17.3 Å². The van der Waals surface area contributed by atoms with E-state index in [-0.39, 0.29) is 0 Å². The molecule has 0 saturated carbocycles. The first-order chi connectivity index (χ1) is 8.02. The van der Waals surface area contributed by atoms with E-state index in [1.807, 2.05) is 6.07 Å². The van der Waals surface area contributed by atoms with Crippen molar-refractivity contribution in [2.24, 2.45) is 0 Å². The molecule has 0 spiro atoms. The highest BCUT2D eigenvalue weighted by Crippen LogP contribution is 2.14. The SMILES string of the molecule is CC(C)N(C)CCNc1ccccc1C(=O)O. The molecule has 0 unspecified atom stereocenters. The number of para-hydroxylation sites is 1. The van der Waals surface area contributed by atoms with Gasteiger partial charge < -0.3 is 15.3 Å². The molecule has 4 heteroatoms. The highest BCUT2D eigenvalue weighted by atomic mass is 16.4. The fourth-order valence-corrected chi connectivity index (χ4v) is 1.45. The van der Waals surface area contributed by atoms with Crippen LogP contribution in [0.25, 0.3) is 0 Å². The standard InChI is InChI=1S/C13H20N2O2/c1-10(2)15(3)9-8-14-12-7-5-4-6-11(12)13(16)17/h4-7,10,14H,8-9H2,1-3H3,(H,16,17). The molecule has 1 aromatic rings. The number of anilines is 1. The van der Waals surface area contributed by atoms with E-state index in [1.165, 1.54) is 0 Å². The molecule has 0 saturated heterocycles. The predicted octanol–water partition coefficient (Wildman–Crippen LogP) is 2.14. The molecule has 4 nitrogen and oxygen atoms in total. The maximum absolute atomic E-state index is 11.0. The van der Waals surface area contributed by atoms with E-state index in [0.717, 1.165) is 13.1 Å². The van der Waals surface area contributed by atoms with Crippen LogP contribution in [0.5, 0.6) is 0 Å². The van der Waals surface area contributed by atoms with Crippen LogP contribution in [0.4, 0.5) is 5.69 Å². The van der Waals surface area contributed by atoms with Gasteiger partial charge >= 0.3 is 5.97 Å². The average Bonchev–Trinajstić information content (AvgIpc) is 2.29. The van der Waals surface area contributed by atoms with Crippen LogP contribution in [0.3, 0.4) is 0 Å². The Morgan fingerprint density at radius 2 is 2.06 bits per heavy atom. The third-order valence-electron chi connectivity index (χ3n) is 2.82. The second kappa shape index (κ2) is 6.25. The van der Waals surface area contributed by atoms with Gasteiger partial charge in [-0.3, -0.25) is 0 Å². The molecule has 1 rings (SSSR count). The number of rotatable bonds is 6. The van der Waals surface area contributed by atoms with Crippen molar-refractivity contribution in [1.82, 2.24) is 4.90 Å². The Kier molecular flexibility index (Phi) is 4.97. The highest BCUT2D eigenvalue weighted by Gasteiger charge is 2.08. The topological polar surface area (TPSA) is 52.6 Å². The third kappa shape index (κ3) is 4.07. The van der Waals surface area contributed by atoms with Crippen LogP contribution in [-0.2, 0) is 0 Å². The Morgan fingerprint density at radius 1 is 1.41 bits per heavy atom. The summed E-state index contributed by atoms with van der Waals surface area (Å²) in [7, 11) is 2.05. The largest absolute Gasteiger partial charge is 0.478 e. The van der Waals surface area contributed by atoms with E-state index < -0.39 is 5.97 Å². The molecule has 17 heavy (non-hydrogen) atoms. The zero-order valence-corrected chi connectivity index (χ0v) is 10.6. The van der Waals surface area contributed by atoms with Crippen LogP contribution in [0.2, 0.25) is 0 Å². The summed E-state index contributed by atoms with van der Waals surface area (Å²) in [5.74, 6) is -0.898. The molecule has 94 valence electrons. The highest BCUT2D eigenvalue weighted by molar-refractivity contribution is 5.94. The quantitative estimate of drug-likeness (QED) is 0.794. The van der Waals surface area contributed by atoms with E-state index >= 15 is 0 Å². The zero-order chi connectivity index (χ0) is 12.8. The van der Waals surface area contributed by atoms with Crippen molar-refractivity contribution < 1.29 is 9.90 Å². The van der Waals surface area contributed by atoms with Crippen molar-refractivity contribution in [3.63, 3.8) is 0 Å². The first-order valence-electron chi connectivity index (χ1n) is 5.78. The molecule has 0 fully saturated rings. The Morgan fingerprint density at radius 3 is 2.65 bits per heavy atom. The van der Waals surface area contributed by atoms with Crippen molar-refractivity contribution in [3.05, 3.63) is 29.8 Å². The van der Waals surface area contributed by atoms with Gasteiger partial charge in [-0.25, -0.2) is 4.79 Å². The number of carbonyl (C=O) groups is 1. The van der Waals surface area contributed by atoms with Crippen LogP contribution in [0.15, 0.2) is 24.3 Å². The van der Waals surface area contributed by atoms with Crippen molar-refractivity contribution in [2.45, 2.75) is 19.9 Å². The van der Waals surface area contributed by atoms with Crippen LogP contribution in [0.1, 0.15) is 24.2 Å². The molecule has 0 heterocycles. The number of likely N-dealkylation sites (N-methyl/N-ethyl adjacent to an activating group) is 1. The molecule has 0 bridgehead atoms. The van der Waals surface area contributed by atoms with Gasteiger partial charge in [-0.15, -0.1) is 0 Å². The molecule has 1 aromatic carbocycles. The normalized spacial score (nSPS) is 10.9. The molecule has 0 radical (unpaired) electrons. The lowest BCUT2D eigenvalue weighted by Gasteiger charge is -2.21. The van der Waals surface area contributed by atoms with E-state index in [9.17, 15) is 4.79 Å². The Balaban J connectivity index is 2.55. The minimum absolute atomic E-state index is 0.319. The van der Waals surface area contributed by atoms with Crippen molar-refractivity contribution in [3.8, 4) is 0 Å². The minimum Gasteiger partial charge on any atom is -0.478 e. The van der Waals surface area contributed by atoms with Gasteiger partial charge in [-0.05, 0) is 33.0 Å². The summed E-state index contributed by atoms with van der Waals surface area (Å²) in [6.45, 7) is 5.88. The second-order valence-corrected chi connectivity index (χ2v) is 4.35. The number of nitrogens with zero attached hydrogens (tertiary/aromatic N) is 1. The third-order valence-corrected chi connectivity index (χ3v) is 2.82. The first kappa shape index (κ1) is 13.5. The number of carboxylic acid groups (broad SMARTS) is 1. The smallest absolute Gasteiger partial charge is 0.337 e. The van der Waals surface area contributed by atoms with E-state index in [4.69, 9.17) is 5.11 Å². The van der Waals surface area contributed by atoms with Gasteiger partial charge in [0.15, 0.2) is 0 Å². The summed E-state index contributed by atoms with van der Waals surface area (Å²) in [6, 6.07) is 7.46. The van der Waals surface area contributed by atoms with Gasteiger partial charge in [0.1, 0.15) is 0 Å². The van der Waals surface area contributed by atoms with Gasteiger partial charge in [-0.2, -0.15) is 0 Å². The van der Waals surface area contributed by atoms with Crippen LogP contribution in [0, 0.1) is 0 Å². The molecule has 0 aliphatic rings. The van der Waals surface area contributed by atoms with Crippen molar-refractivity contribution in [2.75, 3.05) is 25.5 Å². The molecular weight excluding hydrogens is 216 g/mol. The molecule has 0 atom stereocenters. The van der Waals surface area contributed by atoms with Crippen LogP contribution >= 0.6 is 0 Å². The molecular formula is C13H20N2O2. The molecule has 0 aliphatic heterocycles. The number of aromatic carboxylic acids is 1. The lowest BCUT2D eigenvalue weighted by molar-refractivity contribution is 0.0698. The van der Waals surface area contributed by atoms with Gasteiger partial charge in [0.2, 0.25) is 0 Å². The molecule has 2 N–H and O–H groups in total. The van der Waals surface area contributed by atoms with E-state index in [1.54, 1.807) is 18.2 Å². The van der Waals surface area contributed by atoms with E-state index in [2.05, 4.69) is 31.1 Å². The maximum atomic E-state index is 11.0. The average molecular weight is 236 g/mol. The summed E-state index contributed by atoms with van der Waals surface area (Å²) >= 11 is 0. The van der Waals surface area contributed by atoms with Crippen LogP contribution in [-0.4, -0.2) is 42.2 Å². The number of hydrogen-bond acceptors (Lipinski definition) is 3. The first-order valence-corrected chi connectivity index (χ1v) is 5.78. The Hall–Kier alpha value is -1.55. The molecule has 0 aliphatic carbocycles. The van der Waals surface area contributed by atoms with Gasteiger partial charge in [-0.1, -0.05) is 12.1 Å². The fraction of sp³-hybridized carbons (Fsp3) is 0.462.